The molecule has 3 amide bonds. The van der Waals surface area contributed by atoms with Crippen LogP contribution in [-0.4, -0.2) is 72.5 Å². The third kappa shape index (κ3) is 9.87. The van der Waals surface area contributed by atoms with Crippen LogP contribution in [0.25, 0.3) is 11.1 Å². The van der Waals surface area contributed by atoms with E-state index >= 15 is 0 Å². The number of aromatic nitrogens is 1. The number of fused-ring (bicyclic) bond motifs is 1. The summed E-state index contributed by atoms with van der Waals surface area (Å²) in [5.74, 6) is -1.62. The van der Waals surface area contributed by atoms with E-state index in [1.54, 1.807) is 29.4 Å². The van der Waals surface area contributed by atoms with Gasteiger partial charge in [-0.2, -0.15) is 0 Å². The van der Waals surface area contributed by atoms with Crippen molar-refractivity contribution in [3.05, 3.63) is 132 Å². The van der Waals surface area contributed by atoms with Gasteiger partial charge in [-0.1, -0.05) is 72.8 Å². The third-order valence-electron chi connectivity index (χ3n) is 8.29. The second-order valence-corrected chi connectivity index (χ2v) is 11.6. The quantitative estimate of drug-likeness (QED) is 0.220. The number of carbonyl (C=O) groups is 4. The Hall–Kier alpha value is -5.77. The van der Waals surface area contributed by atoms with E-state index in [2.05, 4.69) is 15.6 Å². The number of nitrogens with zero attached hydrogens (tertiary/aromatic N) is 2. The van der Waals surface area contributed by atoms with Crippen molar-refractivity contribution in [2.24, 2.45) is 0 Å². The summed E-state index contributed by atoms with van der Waals surface area (Å²) in [6.45, 7) is 0.909. The molecule has 2 N–H and O–H groups in total. The van der Waals surface area contributed by atoms with Gasteiger partial charge in [0.2, 0.25) is 11.8 Å². The van der Waals surface area contributed by atoms with Crippen molar-refractivity contribution >= 4 is 23.7 Å². The summed E-state index contributed by atoms with van der Waals surface area (Å²) < 4.78 is 11.2. The first-order chi connectivity index (χ1) is 23.9. The Labute approximate surface area is 286 Å². The molecule has 0 saturated heterocycles. The van der Waals surface area contributed by atoms with Crippen LogP contribution in [0.2, 0.25) is 0 Å². The van der Waals surface area contributed by atoms with Gasteiger partial charge in [0.25, 0.3) is 5.91 Å². The van der Waals surface area contributed by atoms with Crippen LogP contribution in [0.15, 0.2) is 116 Å². The first kappa shape index (κ1) is 34.6. The number of rotatable bonds is 7. The van der Waals surface area contributed by atoms with Gasteiger partial charge in [0.1, 0.15) is 24.4 Å². The third-order valence-corrected chi connectivity index (χ3v) is 8.29. The van der Waals surface area contributed by atoms with Gasteiger partial charge in [-0.3, -0.25) is 19.4 Å². The second-order valence-electron chi connectivity index (χ2n) is 11.6. The number of ether oxygens (including phenoxy) is 2. The van der Waals surface area contributed by atoms with Crippen LogP contribution in [0.5, 0.6) is 5.75 Å². The van der Waals surface area contributed by atoms with Crippen LogP contribution in [-0.2, 0) is 32.0 Å². The molecule has 0 radical (unpaired) electrons. The van der Waals surface area contributed by atoms with Gasteiger partial charge in [-0.05, 0) is 65.4 Å². The molecule has 4 aromatic rings. The summed E-state index contributed by atoms with van der Waals surface area (Å²) in [5, 5.41) is 5.61. The lowest BCUT2D eigenvalue weighted by Crippen LogP contribution is -2.53. The van der Waals surface area contributed by atoms with Crippen LogP contribution >= 0.6 is 0 Å². The van der Waals surface area contributed by atoms with E-state index in [-0.39, 0.29) is 37.3 Å². The molecule has 0 bridgehead atoms. The molecule has 2 unspecified atom stereocenters. The van der Waals surface area contributed by atoms with E-state index < -0.39 is 29.9 Å². The SMILES string of the molecule is COC(=O)C1CCC(=O)N(CCc2ccccc2)CC=CCOc2cc(-c3ccncc3)ccc2C(=O)NC(Cc2ccccc2)C(=O)N1. The highest BCUT2D eigenvalue weighted by atomic mass is 16.5. The van der Waals surface area contributed by atoms with E-state index in [4.69, 9.17) is 9.47 Å². The molecule has 1 aromatic heterocycles. The fourth-order valence-corrected chi connectivity index (χ4v) is 5.57. The molecule has 0 fully saturated rings. The molecule has 10 heteroatoms. The first-order valence-electron chi connectivity index (χ1n) is 16.3. The van der Waals surface area contributed by atoms with Gasteiger partial charge in [0, 0.05) is 38.3 Å². The van der Waals surface area contributed by atoms with Gasteiger partial charge in [0.05, 0.1) is 12.7 Å². The lowest BCUT2D eigenvalue weighted by atomic mass is 10.0. The molecule has 0 aliphatic carbocycles. The molecule has 3 aromatic carbocycles. The predicted octanol–water partition coefficient (Wildman–Crippen LogP) is 4.55. The molecule has 5 rings (SSSR count). The van der Waals surface area contributed by atoms with Crippen LogP contribution in [0.4, 0.5) is 0 Å². The number of benzene rings is 3. The highest BCUT2D eigenvalue weighted by Crippen LogP contribution is 2.28. The molecular formula is C39H40N4O6. The predicted molar refractivity (Wildman–Crippen MR) is 186 cm³/mol. The van der Waals surface area contributed by atoms with Crippen LogP contribution in [0.3, 0.4) is 0 Å². The summed E-state index contributed by atoms with van der Waals surface area (Å²) in [6.07, 6.45) is 7.86. The summed E-state index contributed by atoms with van der Waals surface area (Å²) in [6, 6.07) is 26.0. The average Bonchev–Trinajstić information content (AvgIpc) is 3.14. The average molecular weight is 661 g/mol. The minimum absolute atomic E-state index is 0.00187. The molecule has 10 nitrogen and oxygen atoms in total. The number of hydrogen-bond acceptors (Lipinski definition) is 7. The fourth-order valence-electron chi connectivity index (χ4n) is 5.57. The Bertz CT molecular complexity index is 1750. The van der Waals surface area contributed by atoms with Gasteiger partial charge in [-0.15, -0.1) is 0 Å². The maximum absolute atomic E-state index is 13.9. The van der Waals surface area contributed by atoms with E-state index in [1.165, 1.54) is 7.11 Å². The van der Waals surface area contributed by atoms with Gasteiger partial charge in [0.15, 0.2) is 0 Å². The highest BCUT2D eigenvalue weighted by molar-refractivity contribution is 6.00. The Morgan fingerprint density at radius 1 is 0.878 bits per heavy atom. The zero-order chi connectivity index (χ0) is 34.4. The maximum atomic E-state index is 13.9. The molecule has 252 valence electrons. The lowest BCUT2D eigenvalue weighted by Gasteiger charge is -2.24. The number of amides is 3. The number of nitrogens with one attached hydrogen (secondary N) is 2. The smallest absolute Gasteiger partial charge is 0.328 e. The fraction of sp³-hybridized carbons (Fsp3) is 0.256. The number of methoxy groups -OCH3 is 1. The van der Waals surface area contributed by atoms with E-state index in [0.29, 0.717) is 25.3 Å². The molecule has 0 saturated carbocycles. The minimum atomic E-state index is -1.10. The Morgan fingerprint density at radius 3 is 2.31 bits per heavy atom. The van der Waals surface area contributed by atoms with Crippen LogP contribution < -0.4 is 15.4 Å². The zero-order valence-electron chi connectivity index (χ0n) is 27.4. The monoisotopic (exact) mass is 660 g/mol. The number of esters is 1. The Kier molecular flexibility index (Phi) is 12.3. The van der Waals surface area contributed by atoms with Crippen molar-refractivity contribution in [1.82, 2.24) is 20.5 Å². The molecule has 0 spiro atoms. The first-order valence-corrected chi connectivity index (χ1v) is 16.3. The normalized spacial score (nSPS) is 17.6. The Balaban J connectivity index is 1.47. The summed E-state index contributed by atoms with van der Waals surface area (Å²) in [5.41, 5.74) is 3.85. The van der Waals surface area contributed by atoms with Crippen molar-refractivity contribution < 1.29 is 28.7 Å². The highest BCUT2D eigenvalue weighted by Gasteiger charge is 2.30. The molecule has 1 aliphatic rings. The van der Waals surface area contributed by atoms with Gasteiger partial charge < -0.3 is 25.0 Å². The summed E-state index contributed by atoms with van der Waals surface area (Å²) >= 11 is 0. The number of pyridine rings is 1. The largest absolute Gasteiger partial charge is 0.489 e. The maximum Gasteiger partial charge on any atom is 0.328 e. The van der Waals surface area contributed by atoms with E-state index in [0.717, 1.165) is 22.3 Å². The topological polar surface area (TPSA) is 127 Å². The van der Waals surface area contributed by atoms with Crippen molar-refractivity contribution in [1.29, 1.82) is 0 Å². The standard InChI is InChI=1S/C39H40N4O6/c1-48-39(47)33-16-17-36(44)43(24-20-28-10-4-2-5-11-28)23-8-9-25-49-35-27-31(30-18-21-40-22-19-30)14-15-32(35)37(45)42-34(38(46)41-33)26-29-12-6-3-7-13-29/h2-15,18-19,21-22,27,33-34H,16-17,20,23-26H2,1H3,(H,41,46)(H,42,45). The molecule has 49 heavy (non-hydrogen) atoms. The van der Waals surface area contributed by atoms with Crippen molar-refractivity contribution in [2.45, 2.75) is 37.8 Å². The summed E-state index contributed by atoms with van der Waals surface area (Å²) in [7, 11) is 1.23. The van der Waals surface area contributed by atoms with Crippen LogP contribution in [0.1, 0.15) is 34.3 Å². The molecule has 2 heterocycles. The zero-order valence-corrected chi connectivity index (χ0v) is 27.4. The number of hydrogen-bond donors (Lipinski definition) is 2. The molecule has 1 aliphatic heterocycles. The molecule has 2 atom stereocenters. The van der Waals surface area contributed by atoms with Gasteiger partial charge in [-0.25, -0.2) is 4.79 Å². The number of carbonyl (C=O) groups excluding carboxylic acids is 4. The molecular weight excluding hydrogens is 620 g/mol. The Morgan fingerprint density at radius 2 is 1.59 bits per heavy atom. The van der Waals surface area contributed by atoms with Crippen molar-refractivity contribution in [2.75, 3.05) is 26.8 Å². The second kappa shape index (κ2) is 17.4. The van der Waals surface area contributed by atoms with E-state index in [1.807, 2.05) is 91.0 Å². The van der Waals surface area contributed by atoms with Crippen LogP contribution in [0, 0.1) is 0 Å². The van der Waals surface area contributed by atoms with E-state index in [9.17, 15) is 19.2 Å². The van der Waals surface area contributed by atoms with Crippen molar-refractivity contribution in [3.63, 3.8) is 0 Å². The minimum Gasteiger partial charge on any atom is -0.489 e. The summed E-state index contributed by atoms with van der Waals surface area (Å²) in [4.78, 5) is 59.9. The lowest BCUT2D eigenvalue weighted by molar-refractivity contribution is -0.145. The van der Waals surface area contributed by atoms with Crippen molar-refractivity contribution in [3.8, 4) is 16.9 Å². The van der Waals surface area contributed by atoms with Gasteiger partial charge >= 0.3 is 5.97 Å².